The predicted molar refractivity (Wildman–Crippen MR) is 57.5 cm³/mol. The number of hydrogen-bond donors (Lipinski definition) is 0. The molecule has 1 rings (SSSR count). The Bertz CT molecular complexity index is 410. The van der Waals surface area contributed by atoms with Crippen LogP contribution in [0.5, 0.6) is 0 Å². The van der Waals surface area contributed by atoms with Crippen LogP contribution in [-0.2, 0) is 4.79 Å². The van der Waals surface area contributed by atoms with E-state index < -0.39 is 4.92 Å². The number of hydrogen-bond acceptors (Lipinski definition) is 3. The number of nitro benzene ring substituents is 1. The molecule has 0 saturated heterocycles. The Balaban J connectivity index is 3.05. The second-order valence-electron chi connectivity index (χ2n) is 3.12. The van der Waals surface area contributed by atoms with Crippen LogP contribution in [0, 0.1) is 17.0 Å². The van der Waals surface area contributed by atoms with Crippen molar-refractivity contribution < 1.29 is 9.72 Å². The molecule has 0 aromatic heterocycles. The molecule has 0 N–H and O–H groups in total. The molecule has 0 spiro atoms. The number of carbonyl (C=O) groups excluding carboxylic acids is 1. The number of allylic oxidation sites excluding steroid dienone is 1. The first kappa shape index (κ1) is 11.1. The van der Waals surface area contributed by atoms with Gasteiger partial charge in [0, 0.05) is 12.5 Å². The standard InChI is InChI=1S/C11H11NO3/c1-9-5-6-10(4-2-3-7-13)11(8-9)12(14)15/h2,4-8H,3H2,1H3. The fraction of sp³-hybridized carbons (Fsp3) is 0.182. The topological polar surface area (TPSA) is 60.2 Å². The predicted octanol–water partition coefficient (Wildman–Crippen LogP) is 2.51. The van der Waals surface area contributed by atoms with Crippen LogP contribution in [0.15, 0.2) is 24.3 Å². The number of nitro groups is 1. The molecule has 0 aliphatic carbocycles. The second kappa shape index (κ2) is 5.05. The van der Waals surface area contributed by atoms with Gasteiger partial charge in [-0.1, -0.05) is 18.2 Å². The molecular formula is C11H11NO3. The van der Waals surface area contributed by atoms with E-state index in [0.717, 1.165) is 11.8 Å². The quantitative estimate of drug-likeness (QED) is 0.431. The maximum atomic E-state index is 10.7. The highest BCUT2D eigenvalue weighted by Gasteiger charge is 2.10. The molecule has 0 bridgehead atoms. The molecule has 0 aliphatic heterocycles. The van der Waals surface area contributed by atoms with Crippen LogP contribution in [-0.4, -0.2) is 11.2 Å². The molecule has 0 radical (unpaired) electrons. The van der Waals surface area contributed by atoms with Gasteiger partial charge in [0.15, 0.2) is 0 Å². The van der Waals surface area contributed by atoms with Crippen molar-refractivity contribution in [2.45, 2.75) is 13.3 Å². The van der Waals surface area contributed by atoms with Crippen molar-refractivity contribution in [2.75, 3.05) is 0 Å². The molecule has 0 atom stereocenters. The van der Waals surface area contributed by atoms with Gasteiger partial charge in [0.1, 0.15) is 6.29 Å². The molecule has 1 aromatic carbocycles. The lowest BCUT2D eigenvalue weighted by Gasteiger charge is -1.98. The molecule has 0 fully saturated rings. The van der Waals surface area contributed by atoms with Crippen molar-refractivity contribution in [3.63, 3.8) is 0 Å². The summed E-state index contributed by atoms with van der Waals surface area (Å²) in [5.41, 5.74) is 1.43. The SMILES string of the molecule is Cc1ccc(C=CCC=O)c([N+](=O)[O-])c1. The van der Waals surface area contributed by atoms with Gasteiger partial charge < -0.3 is 4.79 Å². The highest BCUT2D eigenvalue weighted by atomic mass is 16.6. The Labute approximate surface area is 87.4 Å². The molecular weight excluding hydrogens is 194 g/mol. The van der Waals surface area contributed by atoms with Gasteiger partial charge in [-0.3, -0.25) is 10.1 Å². The zero-order chi connectivity index (χ0) is 11.3. The summed E-state index contributed by atoms with van der Waals surface area (Å²) in [4.78, 5) is 20.4. The van der Waals surface area contributed by atoms with E-state index in [9.17, 15) is 14.9 Å². The summed E-state index contributed by atoms with van der Waals surface area (Å²) < 4.78 is 0. The molecule has 78 valence electrons. The molecule has 0 amide bonds. The average Bonchev–Trinajstić information content (AvgIpc) is 2.20. The zero-order valence-corrected chi connectivity index (χ0v) is 8.34. The summed E-state index contributed by atoms with van der Waals surface area (Å²) in [6.07, 6.45) is 4.21. The Morgan fingerprint density at radius 1 is 1.47 bits per heavy atom. The molecule has 4 heteroatoms. The minimum atomic E-state index is -0.423. The van der Waals surface area contributed by atoms with Gasteiger partial charge in [-0.2, -0.15) is 0 Å². The summed E-state index contributed by atoms with van der Waals surface area (Å²) in [5.74, 6) is 0. The van der Waals surface area contributed by atoms with Crippen LogP contribution in [0.25, 0.3) is 6.08 Å². The number of carbonyl (C=O) groups is 1. The highest BCUT2D eigenvalue weighted by molar-refractivity contribution is 5.64. The maximum Gasteiger partial charge on any atom is 0.276 e. The third-order valence-electron chi connectivity index (χ3n) is 1.91. The van der Waals surface area contributed by atoms with Crippen LogP contribution in [0.2, 0.25) is 0 Å². The first-order valence-electron chi connectivity index (χ1n) is 4.50. The van der Waals surface area contributed by atoms with Crippen molar-refractivity contribution in [1.82, 2.24) is 0 Å². The Hall–Kier alpha value is -1.97. The van der Waals surface area contributed by atoms with Crippen LogP contribution in [0.1, 0.15) is 17.5 Å². The lowest BCUT2D eigenvalue weighted by atomic mass is 10.1. The Morgan fingerprint density at radius 3 is 2.80 bits per heavy atom. The zero-order valence-electron chi connectivity index (χ0n) is 8.34. The summed E-state index contributed by atoms with van der Waals surface area (Å²) in [6, 6.07) is 4.99. The van der Waals surface area contributed by atoms with Crippen molar-refractivity contribution in [2.24, 2.45) is 0 Å². The Morgan fingerprint density at radius 2 is 2.20 bits per heavy atom. The summed E-state index contributed by atoms with van der Waals surface area (Å²) >= 11 is 0. The van der Waals surface area contributed by atoms with E-state index in [1.165, 1.54) is 6.07 Å². The largest absolute Gasteiger partial charge is 0.303 e. The van der Waals surface area contributed by atoms with Crippen molar-refractivity contribution >= 4 is 18.0 Å². The van der Waals surface area contributed by atoms with Gasteiger partial charge in [0.25, 0.3) is 5.69 Å². The fourth-order valence-electron chi connectivity index (χ4n) is 1.20. The van der Waals surface area contributed by atoms with Gasteiger partial charge in [-0.15, -0.1) is 0 Å². The number of rotatable bonds is 4. The lowest BCUT2D eigenvalue weighted by Crippen LogP contribution is -1.92. The molecule has 0 saturated carbocycles. The minimum Gasteiger partial charge on any atom is -0.303 e. The molecule has 0 heterocycles. The first-order valence-corrected chi connectivity index (χ1v) is 4.50. The third kappa shape index (κ3) is 3.02. The van der Waals surface area contributed by atoms with E-state index in [2.05, 4.69) is 0 Å². The lowest BCUT2D eigenvalue weighted by molar-refractivity contribution is -0.385. The Kier molecular flexibility index (Phi) is 3.74. The normalized spacial score (nSPS) is 10.5. The number of benzene rings is 1. The number of aryl methyl sites for hydroxylation is 1. The molecule has 0 aliphatic rings. The van der Waals surface area contributed by atoms with Gasteiger partial charge in [-0.25, -0.2) is 0 Å². The van der Waals surface area contributed by atoms with Gasteiger partial charge in [0.2, 0.25) is 0 Å². The molecule has 4 nitrogen and oxygen atoms in total. The number of nitrogens with zero attached hydrogens (tertiary/aromatic N) is 1. The van der Waals surface area contributed by atoms with E-state index in [1.807, 2.05) is 0 Å². The van der Waals surface area contributed by atoms with Crippen molar-refractivity contribution in [3.05, 3.63) is 45.5 Å². The average molecular weight is 205 g/mol. The first-order chi connectivity index (χ1) is 7.15. The smallest absolute Gasteiger partial charge is 0.276 e. The molecule has 1 aromatic rings. The summed E-state index contributed by atoms with van der Waals surface area (Å²) in [7, 11) is 0. The van der Waals surface area contributed by atoms with E-state index in [-0.39, 0.29) is 12.1 Å². The summed E-state index contributed by atoms with van der Waals surface area (Å²) in [5, 5.41) is 10.7. The van der Waals surface area contributed by atoms with Crippen LogP contribution in [0.3, 0.4) is 0 Å². The van der Waals surface area contributed by atoms with Crippen LogP contribution in [0.4, 0.5) is 5.69 Å². The molecule has 15 heavy (non-hydrogen) atoms. The number of aldehydes is 1. The fourth-order valence-corrected chi connectivity index (χ4v) is 1.20. The maximum absolute atomic E-state index is 10.7. The second-order valence-corrected chi connectivity index (χ2v) is 3.12. The van der Waals surface area contributed by atoms with Gasteiger partial charge in [-0.05, 0) is 18.6 Å². The van der Waals surface area contributed by atoms with E-state index in [1.54, 1.807) is 31.2 Å². The van der Waals surface area contributed by atoms with Crippen LogP contribution < -0.4 is 0 Å². The van der Waals surface area contributed by atoms with E-state index in [4.69, 9.17) is 0 Å². The van der Waals surface area contributed by atoms with E-state index >= 15 is 0 Å². The molecule has 0 unspecified atom stereocenters. The summed E-state index contributed by atoms with van der Waals surface area (Å²) in [6.45, 7) is 1.80. The van der Waals surface area contributed by atoms with Crippen molar-refractivity contribution in [3.8, 4) is 0 Å². The van der Waals surface area contributed by atoms with Gasteiger partial charge >= 0.3 is 0 Å². The van der Waals surface area contributed by atoms with Crippen molar-refractivity contribution in [1.29, 1.82) is 0 Å². The van der Waals surface area contributed by atoms with Crippen LogP contribution >= 0.6 is 0 Å². The van der Waals surface area contributed by atoms with Gasteiger partial charge in [0.05, 0.1) is 10.5 Å². The third-order valence-corrected chi connectivity index (χ3v) is 1.91. The van der Waals surface area contributed by atoms with E-state index in [0.29, 0.717) is 5.56 Å². The minimum absolute atomic E-state index is 0.0668. The monoisotopic (exact) mass is 205 g/mol. The highest BCUT2D eigenvalue weighted by Crippen LogP contribution is 2.21.